The summed E-state index contributed by atoms with van der Waals surface area (Å²) in [4.78, 5) is 24.7. The smallest absolute Gasteiger partial charge is 0.307 e. The number of urea groups is 1. The number of hydrogen-bond donors (Lipinski definition) is 2. The topological polar surface area (TPSA) is 102 Å². The second kappa shape index (κ2) is 9.08. The Labute approximate surface area is 179 Å². The maximum absolute atomic E-state index is 12.5. The van der Waals surface area contributed by atoms with Gasteiger partial charge in [-0.15, -0.1) is 5.10 Å². The molecule has 0 saturated heterocycles. The molecule has 1 unspecified atom stereocenters. The lowest BCUT2D eigenvalue weighted by molar-refractivity contribution is -0.119. The van der Waals surface area contributed by atoms with Crippen molar-refractivity contribution in [1.82, 2.24) is 25.5 Å². The average Bonchev–Trinajstić information content (AvgIpc) is 3.14. The van der Waals surface area contributed by atoms with Crippen LogP contribution in [0.25, 0.3) is 5.69 Å². The van der Waals surface area contributed by atoms with E-state index in [9.17, 15) is 9.59 Å². The highest BCUT2D eigenvalue weighted by Crippen LogP contribution is 2.24. The molecule has 3 aromatic rings. The number of thioether (sulfide) groups is 1. The fourth-order valence-electron chi connectivity index (χ4n) is 2.80. The number of rotatable bonds is 5. The maximum Gasteiger partial charge on any atom is 0.325 e. The molecule has 1 atom stereocenters. The molecule has 0 fully saturated rings. The highest BCUT2D eigenvalue weighted by atomic mass is 32.2. The van der Waals surface area contributed by atoms with Gasteiger partial charge in [-0.05, 0) is 79.9 Å². The van der Waals surface area contributed by atoms with Gasteiger partial charge in [-0.25, -0.2) is 4.79 Å². The largest absolute Gasteiger partial charge is 0.325 e. The number of carbonyl (C=O) groups is 2. The highest BCUT2D eigenvalue weighted by Gasteiger charge is 2.21. The molecule has 30 heavy (non-hydrogen) atoms. The van der Waals surface area contributed by atoms with Crippen LogP contribution in [0.5, 0.6) is 0 Å². The van der Waals surface area contributed by atoms with Crippen LogP contribution in [0.15, 0.2) is 41.6 Å². The molecule has 0 bridgehead atoms. The molecule has 8 nitrogen and oxygen atoms in total. The SMILES string of the molecule is Cc1ccc(NC(=O)NC(=O)C(C)Sc2nnnn2-c2ccc(C)c(C)c2)c(C)c1. The van der Waals surface area contributed by atoms with Gasteiger partial charge >= 0.3 is 6.03 Å². The van der Waals surface area contributed by atoms with Crippen molar-refractivity contribution in [3.05, 3.63) is 58.7 Å². The van der Waals surface area contributed by atoms with E-state index in [1.54, 1.807) is 11.6 Å². The minimum Gasteiger partial charge on any atom is -0.307 e. The van der Waals surface area contributed by atoms with Crippen molar-refractivity contribution < 1.29 is 9.59 Å². The zero-order valence-electron chi connectivity index (χ0n) is 17.6. The number of nitrogens with one attached hydrogen (secondary N) is 2. The summed E-state index contributed by atoms with van der Waals surface area (Å²) in [5, 5.41) is 16.7. The fraction of sp³-hybridized carbons (Fsp3) is 0.286. The van der Waals surface area contributed by atoms with E-state index in [2.05, 4.69) is 26.2 Å². The molecule has 156 valence electrons. The number of aromatic nitrogens is 4. The van der Waals surface area contributed by atoms with Crippen LogP contribution in [0.1, 0.15) is 29.2 Å². The van der Waals surface area contributed by atoms with E-state index in [4.69, 9.17) is 0 Å². The molecule has 3 amide bonds. The molecule has 1 aromatic heterocycles. The van der Waals surface area contributed by atoms with Crippen LogP contribution >= 0.6 is 11.8 Å². The van der Waals surface area contributed by atoms with Crippen molar-refractivity contribution in [2.75, 3.05) is 5.32 Å². The molecule has 0 spiro atoms. The molecule has 1 heterocycles. The number of imide groups is 1. The molecular weight excluding hydrogens is 400 g/mol. The average molecular weight is 425 g/mol. The summed E-state index contributed by atoms with van der Waals surface area (Å²) < 4.78 is 1.58. The quantitative estimate of drug-likeness (QED) is 0.605. The Balaban J connectivity index is 1.64. The lowest BCUT2D eigenvalue weighted by Gasteiger charge is -2.13. The molecular formula is C21H24N6O2S. The number of nitrogens with zero attached hydrogens (tertiary/aromatic N) is 4. The van der Waals surface area contributed by atoms with E-state index in [1.165, 1.54) is 17.3 Å². The number of anilines is 1. The van der Waals surface area contributed by atoms with Crippen LogP contribution in [0, 0.1) is 27.7 Å². The second-order valence-corrected chi connectivity index (χ2v) is 8.47. The Morgan fingerprint density at radius 2 is 1.77 bits per heavy atom. The summed E-state index contributed by atoms with van der Waals surface area (Å²) in [5.41, 5.74) is 5.78. The lowest BCUT2D eigenvalue weighted by Crippen LogP contribution is -2.39. The molecule has 0 aliphatic heterocycles. The molecule has 0 aliphatic carbocycles. The summed E-state index contributed by atoms with van der Waals surface area (Å²) in [6, 6.07) is 11.0. The van der Waals surface area contributed by atoms with E-state index >= 15 is 0 Å². The number of hydrogen-bond acceptors (Lipinski definition) is 6. The Morgan fingerprint density at radius 3 is 2.47 bits per heavy atom. The van der Waals surface area contributed by atoms with Crippen molar-refractivity contribution in [3.63, 3.8) is 0 Å². The third-order valence-corrected chi connectivity index (χ3v) is 5.73. The van der Waals surface area contributed by atoms with Gasteiger partial charge in [0, 0.05) is 5.69 Å². The molecule has 9 heteroatoms. The highest BCUT2D eigenvalue weighted by molar-refractivity contribution is 8.00. The van der Waals surface area contributed by atoms with Crippen molar-refractivity contribution >= 4 is 29.4 Å². The minimum atomic E-state index is -0.578. The van der Waals surface area contributed by atoms with Crippen LogP contribution in [0.2, 0.25) is 0 Å². The summed E-state index contributed by atoms with van der Waals surface area (Å²) in [5.74, 6) is -0.433. The van der Waals surface area contributed by atoms with Gasteiger partial charge in [-0.3, -0.25) is 10.1 Å². The maximum atomic E-state index is 12.5. The zero-order chi connectivity index (χ0) is 21.8. The number of benzene rings is 2. The van der Waals surface area contributed by atoms with Crippen molar-refractivity contribution in [2.24, 2.45) is 0 Å². The van der Waals surface area contributed by atoms with E-state index in [0.717, 1.165) is 22.4 Å². The van der Waals surface area contributed by atoms with E-state index in [1.807, 2.05) is 64.1 Å². The number of aryl methyl sites for hydroxylation is 4. The Morgan fingerprint density at radius 1 is 1.00 bits per heavy atom. The van der Waals surface area contributed by atoms with Crippen LogP contribution in [-0.2, 0) is 4.79 Å². The molecule has 2 N–H and O–H groups in total. The third-order valence-electron chi connectivity index (χ3n) is 4.69. The van der Waals surface area contributed by atoms with Gasteiger partial charge in [0.2, 0.25) is 11.1 Å². The van der Waals surface area contributed by atoms with Crippen molar-refractivity contribution in [2.45, 2.75) is 45.0 Å². The van der Waals surface area contributed by atoms with Gasteiger partial charge in [0.15, 0.2) is 0 Å². The van der Waals surface area contributed by atoms with Crippen molar-refractivity contribution in [1.29, 1.82) is 0 Å². The predicted molar refractivity (Wildman–Crippen MR) is 117 cm³/mol. The van der Waals surface area contributed by atoms with Gasteiger partial charge in [-0.2, -0.15) is 4.68 Å². The van der Waals surface area contributed by atoms with Gasteiger partial charge in [0.05, 0.1) is 10.9 Å². The summed E-state index contributed by atoms with van der Waals surface area (Å²) in [6.45, 7) is 9.62. The van der Waals surface area contributed by atoms with Crippen LogP contribution in [0.3, 0.4) is 0 Å². The van der Waals surface area contributed by atoms with Crippen LogP contribution < -0.4 is 10.6 Å². The number of carbonyl (C=O) groups excluding carboxylic acids is 2. The molecule has 2 aromatic carbocycles. The van der Waals surface area contributed by atoms with Gasteiger partial charge < -0.3 is 5.32 Å². The Bertz CT molecular complexity index is 1090. The monoisotopic (exact) mass is 424 g/mol. The predicted octanol–water partition coefficient (Wildman–Crippen LogP) is 3.72. The third kappa shape index (κ3) is 5.04. The first-order chi connectivity index (χ1) is 14.2. The number of tetrazole rings is 1. The first kappa shape index (κ1) is 21.5. The molecule has 3 rings (SSSR count). The Hall–Kier alpha value is -3.20. The second-order valence-electron chi connectivity index (χ2n) is 7.16. The standard InChI is InChI=1S/C21H24N6O2S/c1-12-6-9-18(15(4)10-12)22-20(29)23-19(28)16(5)30-21-24-25-26-27(21)17-8-7-13(2)14(3)11-17/h6-11,16H,1-5H3,(H2,22,23,28,29). The summed E-state index contributed by atoms with van der Waals surface area (Å²) >= 11 is 1.18. The summed E-state index contributed by atoms with van der Waals surface area (Å²) in [7, 11) is 0. The zero-order valence-corrected chi connectivity index (χ0v) is 18.4. The summed E-state index contributed by atoms with van der Waals surface area (Å²) in [6.07, 6.45) is 0. The fourth-order valence-corrected chi connectivity index (χ4v) is 3.61. The minimum absolute atomic E-state index is 0.433. The molecule has 0 radical (unpaired) electrons. The normalized spacial score (nSPS) is 11.8. The van der Waals surface area contributed by atoms with Gasteiger partial charge in [-0.1, -0.05) is 35.5 Å². The van der Waals surface area contributed by atoms with Crippen LogP contribution in [0.4, 0.5) is 10.5 Å². The first-order valence-corrected chi connectivity index (χ1v) is 10.3. The molecule has 0 saturated carbocycles. The van der Waals surface area contributed by atoms with Gasteiger partial charge in [0.1, 0.15) is 0 Å². The van der Waals surface area contributed by atoms with E-state index in [0.29, 0.717) is 10.8 Å². The van der Waals surface area contributed by atoms with E-state index in [-0.39, 0.29) is 0 Å². The number of amides is 3. The van der Waals surface area contributed by atoms with E-state index < -0.39 is 17.2 Å². The lowest BCUT2D eigenvalue weighted by atomic mass is 10.1. The first-order valence-electron chi connectivity index (χ1n) is 9.46. The van der Waals surface area contributed by atoms with Gasteiger partial charge in [0.25, 0.3) is 0 Å². The molecule has 0 aliphatic rings. The van der Waals surface area contributed by atoms with Crippen molar-refractivity contribution in [3.8, 4) is 5.69 Å². The van der Waals surface area contributed by atoms with Crippen LogP contribution in [-0.4, -0.2) is 37.4 Å². The Kier molecular flexibility index (Phi) is 6.51.